The van der Waals surface area contributed by atoms with Crippen LogP contribution in [-0.4, -0.2) is 22.6 Å². The Bertz CT molecular complexity index is 409. The highest BCUT2D eigenvalue weighted by atomic mass is 19.4. The van der Waals surface area contributed by atoms with Crippen molar-refractivity contribution in [3.63, 3.8) is 0 Å². The molecule has 1 aromatic carbocycles. The van der Waals surface area contributed by atoms with Crippen molar-refractivity contribution in [1.29, 1.82) is 0 Å². The molecule has 0 aliphatic heterocycles. The van der Waals surface area contributed by atoms with Gasteiger partial charge >= 0.3 is 12.4 Å². The van der Waals surface area contributed by atoms with Crippen LogP contribution in [0.15, 0.2) is 24.3 Å². The van der Waals surface area contributed by atoms with Crippen molar-refractivity contribution in [2.45, 2.75) is 24.6 Å². The largest absolute Gasteiger partial charge is 0.430 e. The summed E-state index contributed by atoms with van der Waals surface area (Å²) < 4.78 is 75.3. The highest BCUT2D eigenvalue weighted by Crippen LogP contribution is 2.50. The Kier molecular flexibility index (Phi) is 3.64. The van der Waals surface area contributed by atoms with Gasteiger partial charge in [0.1, 0.15) is 0 Å². The van der Waals surface area contributed by atoms with Gasteiger partial charge in [0, 0.05) is 5.56 Å². The van der Waals surface area contributed by atoms with Crippen molar-refractivity contribution in [1.82, 2.24) is 0 Å². The van der Waals surface area contributed by atoms with Crippen LogP contribution in [-0.2, 0) is 12.2 Å². The van der Waals surface area contributed by atoms with Gasteiger partial charge in [-0.05, 0) is 5.56 Å². The summed E-state index contributed by atoms with van der Waals surface area (Å²) in [4.78, 5) is 0. The van der Waals surface area contributed by atoms with E-state index in [2.05, 4.69) is 0 Å². The molecule has 0 unspecified atom stereocenters. The molecule has 0 saturated heterocycles. The lowest BCUT2D eigenvalue weighted by molar-refractivity contribution is -0.376. The first-order valence-electron chi connectivity index (χ1n) is 4.60. The van der Waals surface area contributed by atoms with Crippen LogP contribution in [0.2, 0.25) is 0 Å². The van der Waals surface area contributed by atoms with Gasteiger partial charge in [-0.15, -0.1) is 0 Å². The maximum absolute atomic E-state index is 12.6. The van der Waals surface area contributed by atoms with Crippen LogP contribution in [0.1, 0.15) is 11.1 Å². The zero-order chi connectivity index (χ0) is 14.2. The summed E-state index contributed by atoms with van der Waals surface area (Å²) in [6, 6.07) is 3.42. The lowest BCUT2D eigenvalue weighted by atomic mass is 9.88. The van der Waals surface area contributed by atoms with Crippen molar-refractivity contribution in [2.75, 3.05) is 0 Å². The van der Waals surface area contributed by atoms with Crippen LogP contribution in [0, 0.1) is 0 Å². The predicted octanol–water partition coefficient (Wildman–Crippen LogP) is 2.49. The molecule has 0 spiro atoms. The molecular weight excluding hydrogens is 266 g/mol. The second kappa shape index (κ2) is 4.43. The zero-order valence-electron chi connectivity index (χ0n) is 8.68. The van der Waals surface area contributed by atoms with Crippen molar-refractivity contribution in [3.8, 4) is 0 Å². The molecule has 1 aromatic rings. The van der Waals surface area contributed by atoms with E-state index in [0.29, 0.717) is 6.07 Å². The third-order valence-electron chi connectivity index (χ3n) is 2.40. The second-order valence-electron chi connectivity index (χ2n) is 3.52. The minimum atomic E-state index is -5.95. The van der Waals surface area contributed by atoms with Gasteiger partial charge in [-0.1, -0.05) is 24.3 Å². The van der Waals surface area contributed by atoms with Gasteiger partial charge in [-0.2, -0.15) is 26.3 Å². The van der Waals surface area contributed by atoms with Crippen molar-refractivity contribution >= 4 is 0 Å². The average Bonchev–Trinajstić information content (AvgIpc) is 2.24. The Labute approximate surface area is 97.5 Å². The highest BCUT2D eigenvalue weighted by molar-refractivity contribution is 5.34. The monoisotopic (exact) mass is 274 g/mol. The van der Waals surface area contributed by atoms with Gasteiger partial charge in [0.25, 0.3) is 5.60 Å². The molecule has 0 bridgehead atoms. The van der Waals surface area contributed by atoms with Gasteiger partial charge in [0.05, 0.1) is 6.61 Å². The van der Waals surface area contributed by atoms with Crippen LogP contribution in [0.3, 0.4) is 0 Å². The number of benzene rings is 1. The number of aliphatic hydroxyl groups is 2. The van der Waals surface area contributed by atoms with Crippen molar-refractivity contribution < 1.29 is 36.6 Å². The van der Waals surface area contributed by atoms with E-state index in [0.717, 1.165) is 18.2 Å². The van der Waals surface area contributed by atoms with Gasteiger partial charge < -0.3 is 10.2 Å². The maximum Gasteiger partial charge on any atom is 0.430 e. The molecule has 8 heteroatoms. The Morgan fingerprint density at radius 2 is 1.33 bits per heavy atom. The zero-order valence-corrected chi connectivity index (χ0v) is 8.68. The molecule has 0 aromatic heterocycles. The van der Waals surface area contributed by atoms with E-state index >= 15 is 0 Å². The average molecular weight is 274 g/mol. The predicted molar refractivity (Wildman–Crippen MR) is 48.4 cm³/mol. The van der Waals surface area contributed by atoms with Crippen LogP contribution in [0.4, 0.5) is 26.3 Å². The van der Waals surface area contributed by atoms with E-state index in [-0.39, 0.29) is 0 Å². The SMILES string of the molecule is OCc1ccccc1C(O)(C(F)(F)F)C(F)(F)F. The van der Waals surface area contributed by atoms with Gasteiger partial charge in [-0.25, -0.2) is 0 Å². The first-order valence-corrected chi connectivity index (χ1v) is 4.60. The fourth-order valence-corrected chi connectivity index (χ4v) is 1.48. The number of rotatable bonds is 2. The molecular formula is C10H8F6O2. The van der Waals surface area contributed by atoms with Crippen LogP contribution < -0.4 is 0 Å². The molecule has 0 heterocycles. The molecule has 0 radical (unpaired) electrons. The second-order valence-corrected chi connectivity index (χ2v) is 3.52. The molecule has 2 N–H and O–H groups in total. The number of alkyl halides is 6. The fourth-order valence-electron chi connectivity index (χ4n) is 1.48. The molecule has 0 atom stereocenters. The number of halogens is 6. The summed E-state index contributed by atoms with van der Waals surface area (Å²) in [7, 11) is 0. The van der Waals surface area contributed by atoms with Crippen LogP contribution >= 0.6 is 0 Å². The van der Waals surface area contributed by atoms with Crippen molar-refractivity contribution in [3.05, 3.63) is 35.4 Å². The third-order valence-corrected chi connectivity index (χ3v) is 2.40. The Morgan fingerprint density at radius 3 is 1.72 bits per heavy atom. The van der Waals surface area contributed by atoms with E-state index in [9.17, 15) is 26.3 Å². The smallest absolute Gasteiger partial charge is 0.392 e. The standard InChI is InChI=1S/C10H8F6O2/c11-9(12,13)8(18,10(14,15)16)7-4-2-1-3-6(7)5-17/h1-4,17-18H,5H2. The van der Waals surface area contributed by atoms with E-state index in [1.54, 1.807) is 0 Å². The van der Waals surface area contributed by atoms with E-state index in [4.69, 9.17) is 10.2 Å². The van der Waals surface area contributed by atoms with Gasteiger partial charge in [-0.3, -0.25) is 0 Å². The minimum absolute atomic E-state index is 0.479. The van der Waals surface area contributed by atoms with E-state index in [1.165, 1.54) is 0 Å². The van der Waals surface area contributed by atoms with E-state index in [1.807, 2.05) is 0 Å². The summed E-state index contributed by atoms with van der Waals surface area (Å²) in [6.07, 6.45) is -11.9. The van der Waals surface area contributed by atoms with Crippen LogP contribution in [0.25, 0.3) is 0 Å². The number of hydrogen-bond acceptors (Lipinski definition) is 2. The van der Waals surface area contributed by atoms with Crippen molar-refractivity contribution in [2.24, 2.45) is 0 Å². The normalized spacial score (nSPS) is 13.8. The Hall–Kier alpha value is -1.28. The van der Waals surface area contributed by atoms with Gasteiger partial charge in [0.15, 0.2) is 0 Å². The molecule has 18 heavy (non-hydrogen) atoms. The molecule has 0 saturated carbocycles. The molecule has 1 rings (SSSR count). The lowest BCUT2D eigenvalue weighted by Crippen LogP contribution is -2.54. The molecule has 0 fully saturated rings. The molecule has 0 aliphatic rings. The summed E-state index contributed by atoms with van der Waals surface area (Å²) in [5.41, 5.74) is -7.07. The number of hydrogen-bond donors (Lipinski definition) is 2. The van der Waals surface area contributed by atoms with Gasteiger partial charge in [0.2, 0.25) is 0 Å². The Balaban J connectivity index is 3.56. The maximum atomic E-state index is 12.6. The van der Waals surface area contributed by atoms with E-state index < -0.39 is 35.7 Å². The summed E-state index contributed by atoms with van der Waals surface area (Å²) >= 11 is 0. The molecule has 0 amide bonds. The van der Waals surface area contributed by atoms with Crippen LogP contribution in [0.5, 0.6) is 0 Å². The molecule has 0 aliphatic carbocycles. The summed E-state index contributed by atoms with van der Waals surface area (Å²) in [5, 5.41) is 17.9. The Morgan fingerprint density at radius 1 is 0.889 bits per heavy atom. The minimum Gasteiger partial charge on any atom is -0.392 e. The first-order chi connectivity index (χ1) is 8.05. The quantitative estimate of drug-likeness (QED) is 0.813. The highest BCUT2D eigenvalue weighted by Gasteiger charge is 2.71. The lowest BCUT2D eigenvalue weighted by Gasteiger charge is -2.33. The fraction of sp³-hybridized carbons (Fsp3) is 0.400. The summed E-state index contributed by atoms with van der Waals surface area (Å²) in [6.45, 7) is -1.05. The topological polar surface area (TPSA) is 40.5 Å². The molecule has 102 valence electrons. The first kappa shape index (κ1) is 14.8. The number of aliphatic hydroxyl groups excluding tert-OH is 1. The third kappa shape index (κ3) is 2.17. The molecule has 2 nitrogen and oxygen atoms in total. The summed E-state index contributed by atoms with van der Waals surface area (Å²) in [5.74, 6) is 0.